The predicted octanol–water partition coefficient (Wildman–Crippen LogP) is -0.711. The van der Waals surface area contributed by atoms with Gasteiger partial charge in [-0.25, -0.2) is 0 Å². The summed E-state index contributed by atoms with van der Waals surface area (Å²) >= 11 is 0. The molecule has 1 N–H and O–H groups in total. The summed E-state index contributed by atoms with van der Waals surface area (Å²) in [7, 11) is 2.17. The fourth-order valence-electron chi connectivity index (χ4n) is 1.65. The summed E-state index contributed by atoms with van der Waals surface area (Å²) in [6.07, 6.45) is 0.434. The van der Waals surface area contributed by atoms with Gasteiger partial charge >= 0.3 is 0 Å². The van der Waals surface area contributed by atoms with E-state index in [1.54, 1.807) is 0 Å². The largest absolute Gasteiger partial charge is 0.374 e. The second-order valence-electron chi connectivity index (χ2n) is 3.21. The minimum absolute atomic E-state index is 0.434. The van der Waals surface area contributed by atoms with Gasteiger partial charge in [0.15, 0.2) is 0 Å². The van der Waals surface area contributed by atoms with Gasteiger partial charge in [-0.05, 0) is 7.05 Å². The summed E-state index contributed by atoms with van der Waals surface area (Å²) in [5, 5.41) is 3.37. The molecule has 3 aliphatic heterocycles. The fraction of sp³-hybridized carbons (Fsp3) is 1.00. The predicted molar refractivity (Wildman–Crippen MR) is 39.0 cm³/mol. The van der Waals surface area contributed by atoms with Crippen molar-refractivity contribution in [1.82, 2.24) is 10.2 Å². The van der Waals surface area contributed by atoms with Crippen LogP contribution in [0.4, 0.5) is 0 Å². The summed E-state index contributed by atoms with van der Waals surface area (Å²) in [6.45, 7) is 4.12. The number of morpholine rings is 1. The molecule has 2 unspecified atom stereocenters. The monoisotopic (exact) mass is 142 g/mol. The van der Waals surface area contributed by atoms with Gasteiger partial charge in [0.05, 0.1) is 12.7 Å². The van der Waals surface area contributed by atoms with Crippen molar-refractivity contribution in [3.63, 3.8) is 0 Å². The Hall–Kier alpha value is -0.120. The number of likely N-dealkylation sites (N-methyl/N-ethyl adjacent to an activating group) is 1. The minimum Gasteiger partial charge on any atom is -0.374 e. The Kier molecular flexibility index (Phi) is 1.64. The van der Waals surface area contributed by atoms with E-state index >= 15 is 0 Å². The number of nitrogens with zero attached hydrogens (tertiary/aromatic N) is 1. The topological polar surface area (TPSA) is 24.5 Å². The zero-order chi connectivity index (χ0) is 6.97. The summed E-state index contributed by atoms with van der Waals surface area (Å²) in [4.78, 5) is 2.38. The van der Waals surface area contributed by atoms with Gasteiger partial charge in [0, 0.05) is 25.7 Å². The van der Waals surface area contributed by atoms with Crippen LogP contribution in [-0.4, -0.2) is 50.3 Å². The molecule has 0 amide bonds. The maximum absolute atomic E-state index is 5.57. The Bertz CT molecular complexity index is 125. The molecular weight excluding hydrogens is 128 g/mol. The molecule has 0 aliphatic carbocycles. The van der Waals surface area contributed by atoms with Crippen molar-refractivity contribution in [2.75, 3.05) is 33.3 Å². The molecule has 0 saturated carbocycles. The first kappa shape index (κ1) is 6.58. The van der Waals surface area contributed by atoms with E-state index in [1.165, 1.54) is 0 Å². The first-order chi connectivity index (χ1) is 4.86. The third-order valence-electron chi connectivity index (χ3n) is 2.39. The summed E-state index contributed by atoms with van der Waals surface area (Å²) in [5.41, 5.74) is 0. The molecular formula is C7H14N2O. The van der Waals surface area contributed by atoms with Crippen molar-refractivity contribution < 1.29 is 4.74 Å². The van der Waals surface area contributed by atoms with Crippen LogP contribution >= 0.6 is 0 Å². The number of fused-ring (bicyclic) bond motifs is 4. The van der Waals surface area contributed by atoms with E-state index in [0.29, 0.717) is 12.1 Å². The molecule has 2 atom stereocenters. The molecule has 10 heavy (non-hydrogen) atoms. The van der Waals surface area contributed by atoms with E-state index in [4.69, 9.17) is 4.74 Å². The number of hydrogen-bond acceptors (Lipinski definition) is 3. The Morgan fingerprint density at radius 3 is 3.20 bits per heavy atom. The van der Waals surface area contributed by atoms with Crippen LogP contribution in [0.1, 0.15) is 0 Å². The molecule has 3 saturated heterocycles. The van der Waals surface area contributed by atoms with E-state index in [9.17, 15) is 0 Å². The summed E-state index contributed by atoms with van der Waals surface area (Å²) in [6, 6.07) is 0.610. The Morgan fingerprint density at radius 1 is 1.50 bits per heavy atom. The van der Waals surface area contributed by atoms with Crippen molar-refractivity contribution in [1.29, 1.82) is 0 Å². The van der Waals surface area contributed by atoms with Crippen LogP contribution in [0.3, 0.4) is 0 Å². The zero-order valence-corrected chi connectivity index (χ0v) is 6.34. The van der Waals surface area contributed by atoms with E-state index in [2.05, 4.69) is 17.3 Å². The average molecular weight is 142 g/mol. The SMILES string of the molecule is CN1CC2CNCC1CO2. The highest BCUT2D eigenvalue weighted by Gasteiger charge is 2.28. The average Bonchev–Trinajstić information content (AvgIpc) is 2.20. The molecule has 0 aromatic heterocycles. The van der Waals surface area contributed by atoms with Crippen LogP contribution in [0.15, 0.2) is 0 Å². The normalized spacial score (nSPS) is 41.7. The van der Waals surface area contributed by atoms with E-state index < -0.39 is 0 Å². The Balaban J connectivity index is 2.07. The first-order valence-electron chi connectivity index (χ1n) is 3.89. The molecule has 58 valence electrons. The van der Waals surface area contributed by atoms with Crippen molar-refractivity contribution in [3.05, 3.63) is 0 Å². The van der Waals surface area contributed by atoms with Gasteiger partial charge < -0.3 is 10.1 Å². The van der Waals surface area contributed by atoms with Gasteiger partial charge in [-0.3, -0.25) is 4.90 Å². The van der Waals surface area contributed by atoms with Crippen molar-refractivity contribution in [2.24, 2.45) is 0 Å². The third kappa shape index (κ3) is 1.05. The molecule has 3 nitrogen and oxygen atoms in total. The molecule has 2 bridgehead atoms. The van der Waals surface area contributed by atoms with E-state index in [-0.39, 0.29) is 0 Å². The number of nitrogens with one attached hydrogen (secondary N) is 1. The lowest BCUT2D eigenvalue weighted by Crippen LogP contribution is -2.46. The molecule has 3 fully saturated rings. The van der Waals surface area contributed by atoms with Crippen molar-refractivity contribution >= 4 is 0 Å². The van der Waals surface area contributed by atoms with Gasteiger partial charge in [-0.15, -0.1) is 0 Å². The fourth-order valence-corrected chi connectivity index (χ4v) is 1.65. The smallest absolute Gasteiger partial charge is 0.0826 e. The summed E-state index contributed by atoms with van der Waals surface area (Å²) in [5.74, 6) is 0. The number of rotatable bonds is 0. The van der Waals surface area contributed by atoms with Crippen LogP contribution < -0.4 is 5.32 Å². The number of hydrogen-bond donors (Lipinski definition) is 1. The highest BCUT2D eigenvalue weighted by atomic mass is 16.5. The van der Waals surface area contributed by atoms with Crippen LogP contribution in [0.5, 0.6) is 0 Å². The van der Waals surface area contributed by atoms with Crippen LogP contribution in [0, 0.1) is 0 Å². The zero-order valence-electron chi connectivity index (χ0n) is 6.34. The molecule has 0 radical (unpaired) electrons. The Labute approximate surface area is 61.3 Å². The van der Waals surface area contributed by atoms with E-state index in [0.717, 1.165) is 26.2 Å². The summed E-state index contributed by atoms with van der Waals surface area (Å²) < 4.78 is 5.57. The second-order valence-corrected chi connectivity index (χ2v) is 3.21. The molecule has 0 aromatic carbocycles. The maximum atomic E-state index is 5.57. The molecule has 0 spiro atoms. The highest BCUT2D eigenvalue weighted by molar-refractivity contribution is 4.84. The van der Waals surface area contributed by atoms with Gasteiger partial charge in [0.1, 0.15) is 0 Å². The van der Waals surface area contributed by atoms with Gasteiger partial charge in [-0.2, -0.15) is 0 Å². The van der Waals surface area contributed by atoms with Crippen LogP contribution in [0.2, 0.25) is 0 Å². The Morgan fingerprint density at radius 2 is 2.40 bits per heavy atom. The standard InChI is InChI=1S/C7H14N2O/c1-9-4-7-3-8-2-6(9)5-10-7/h6-8H,2-5H2,1H3. The highest BCUT2D eigenvalue weighted by Crippen LogP contribution is 2.11. The van der Waals surface area contributed by atoms with Gasteiger partial charge in [0.2, 0.25) is 0 Å². The van der Waals surface area contributed by atoms with Crippen molar-refractivity contribution in [2.45, 2.75) is 12.1 Å². The molecule has 3 rings (SSSR count). The second kappa shape index (κ2) is 2.49. The first-order valence-corrected chi connectivity index (χ1v) is 3.89. The lowest BCUT2D eigenvalue weighted by Gasteiger charge is -2.32. The molecule has 3 heterocycles. The lowest BCUT2D eigenvalue weighted by atomic mass is 10.2. The van der Waals surface area contributed by atoms with Crippen LogP contribution in [-0.2, 0) is 4.74 Å². The molecule has 0 aromatic rings. The van der Waals surface area contributed by atoms with Crippen LogP contribution in [0.25, 0.3) is 0 Å². The lowest BCUT2D eigenvalue weighted by molar-refractivity contribution is -0.0314. The van der Waals surface area contributed by atoms with Gasteiger partial charge in [0.25, 0.3) is 0 Å². The molecule has 3 heteroatoms. The van der Waals surface area contributed by atoms with Gasteiger partial charge in [-0.1, -0.05) is 0 Å². The quantitative estimate of drug-likeness (QED) is 0.483. The maximum Gasteiger partial charge on any atom is 0.0826 e. The number of ether oxygens (including phenoxy) is 1. The molecule has 3 aliphatic rings. The minimum atomic E-state index is 0.434. The third-order valence-corrected chi connectivity index (χ3v) is 2.39. The van der Waals surface area contributed by atoms with Crippen molar-refractivity contribution in [3.8, 4) is 0 Å². The van der Waals surface area contributed by atoms with E-state index in [1.807, 2.05) is 0 Å².